The number of hydrogen-bond donors (Lipinski definition) is 0. The summed E-state index contributed by atoms with van der Waals surface area (Å²) in [5.41, 5.74) is 3.98. The monoisotopic (exact) mass is 388 g/mol. The third kappa shape index (κ3) is 2.64. The second-order valence-electron chi connectivity index (χ2n) is 8.70. The molecule has 6 rings (SSSR count). The number of anilines is 1. The Kier molecular flexibility index (Phi) is 3.68. The Hall–Kier alpha value is -2.92. The summed E-state index contributed by atoms with van der Waals surface area (Å²) < 4.78 is 3.68. The van der Waals surface area contributed by atoms with Crippen molar-refractivity contribution in [3.8, 4) is 17.3 Å². The average molecular weight is 388 g/mol. The number of fused-ring (bicyclic) bond motifs is 3. The van der Waals surface area contributed by atoms with Crippen LogP contribution in [-0.4, -0.2) is 60.5 Å². The van der Waals surface area contributed by atoms with Crippen LogP contribution in [0.3, 0.4) is 0 Å². The van der Waals surface area contributed by atoms with Gasteiger partial charge in [0.15, 0.2) is 5.65 Å². The molecular weight excluding hydrogens is 364 g/mol. The molecule has 8 heteroatoms. The Morgan fingerprint density at radius 2 is 1.86 bits per heavy atom. The summed E-state index contributed by atoms with van der Waals surface area (Å²) in [6.07, 6.45) is 12.3. The molecule has 0 aromatic carbocycles. The van der Waals surface area contributed by atoms with Crippen LogP contribution in [0.5, 0.6) is 0 Å². The lowest BCUT2D eigenvalue weighted by molar-refractivity contribution is 0.0439. The fourth-order valence-electron chi connectivity index (χ4n) is 5.49. The molecule has 0 radical (unpaired) electrons. The first-order chi connectivity index (χ1) is 14.2. The number of imidazole rings is 1. The standard InChI is InChI=1S/C21H24N8/c1-26-10-15(9-24-26)19-13-28-21(25-19)20(4-5-23-28)27-11-16-2-3-17(12-27)29(16)18-6-14(7-18)8-22/h4-5,9-10,13-14,16-18H,2-3,6-7,11-12H2,1H3/t14?,16-,17?,18?/m1/s1. The van der Waals surface area contributed by atoms with Crippen LogP contribution < -0.4 is 4.90 Å². The van der Waals surface area contributed by atoms with Crippen molar-refractivity contribution >= 4 is 11.3 Å². The van der Waals surface area contributed by atoms with E-state index in [1.807, 2.05) is 36.4 Å². The molecule has 1 aliphatic carbocycles. The molecule has 2 saturated heterocycles. The van der Waals surface area contributed by atoms with Crippen molar-refractivity contribution in [1.29, 1.82) is 5.26 Å². The molecule has 0 amide bonds. The predicted octanol–water partition coefficient (Wildman–Crippen LogP) is 2.08. The summed E-state index contributed by atoms with van der Waals surface area (Å²) >= 11 is 0. The van der Waals surface area contributed by atoms with Crippen molar-refractivity contribution in [1.82, 2.24) is 29.3 Å². The smallest absolute Gasteiger partial charge is 0.177 e. The Balaban J connectivity index is 1.28. The zero-order chi connectivity index (χ0) is 19.5. The molecule has 0 N–H and O–H groups in total. The van der Waals surface area contributed by atoms with Gasteiger partial charge in [-0.15, -0.1) is 0 Å². The highest BCUT2D eigenvalue weighted by atomic mass is 15.4. The minimum atomic E-state index is 0.271. The zero-order valence-corrected chi connectivity index (χ0v) is 16.5. The molecule has 2 atom stereocenters. The van der Waals surface area contributed by atoms with Crippen molar-refractivity contribution < 1.29 is 0 Å². The van der Waals surface area contributed by atoms with E-state index in [1.165, 1.54) is 12.8 Å². The third-order valence-corrected chi connectivity index (χ3v) is 6.94. The molecule has 1 saturated carbocycles. The maximum atomic E-state index is 9.13. The number of aryl methyl sites for hydroxylation is 1. The first kappa shape index (κ1) is 17.0. The molecule has 1 unspecified atom stereocenters. The first-order valence-electron chi connectivity index (χ1n) is 10.4. The average Bonchev–Trinajstić information content (AvgIpc) is 3.37. The van der Waals surface area contributed by atoms with E-state index in [9.17, 15) is 0 Å². The van der Waals surface area contributed by atoms with Crippen LogP contribution >= 0.6 is 0 Å². The van der Waals surface area contributed by atoms with Gasteiger partial charge < -0.3 is 4.90 Å². The molecule has 3 aliphatic rings. The fourth-order valence-corrected chi connectivity index (χ4v) is 5.49. The molecule has 5 heterocycles. The summed E-state index contributed by atoms with van der Waals surface area (Å²) in [7, 11) is 1.92. The first-order valence-corrected chi connectivity index (χ1v) is 10.4. The highest BCUT2D eigenvalue weighted by Gasteiger charge is 2.47. The molecular formula is C21H24N8. The van der Waals surface area contributed by atoms with Crippen molar-refractivity contribution in [3.05, 3.63) is 30.9 Å². The van der Waals surface area contributed by atoms with Gasteiger partial charge >= 0.3 is 0 Å². The minimum absolute atomic E-state index is 0.271. The van der Waals surface area contributed by atoms with Gasteiger partial charge in [-0.25, -0.2) is 9.50 Å². The maximum Gasteiger partial charge on any atom is 0.177 e. The van der Waals surface area contributed by atoms with E-state index >= 15 is 0 Å². The summed E-state index contributed by atoms with van der Waals surface area (Å²) in [5.74, 6) is 0.271. The topological polar surface area (TPSA) is 78.3 Å². The van der Waals surface area contributed by atoms with Crippen molar-refractivity contribution in [3.63, 3.8) is 0 Å². The summed E-state index contributed by atoms with van der Waals surface area (Å²) in [5, 5.41) is 17.9. The van der Waals surface area contributed by atoms with Crippen LogP contribution in [0.25, 0.3) is 16.9 Å². The van der Waals surface area contributed by atoms with E-state index in [-0.39, 0.29) is 5.92 Å². The van der Waals surface area contributed by atoms with Crippen molar-refractivity contribution in [2.24, 2.45) is 13.0 Å². The summed E-state index contributed by atoms with van der Waals surface area (Å²) in [4.78, 5) is 10.1. The second-order valence-corrected chi connectivity index (χ2v) is 8.70. The molecule has 3 aromatic rings. The Bertz CT molecular complexity index is 1090. The normalized spacial score (nSPS) is 29.2. The van der Waals surface area contributed by atoms with Gasteiger partial charge in [0.05, 0.1) is 36.0 Å². The van der Waals surface area contributed by atoms with E-state index in [0.717, 1.165) is 48.5 Å². The van der Waals surface area contributed by atoms with E-state index in [2.05, 4.69) is 32.1 Å². The van der Waals surface area contributed by atoms with Gasteiger partial charge in [-0.05, 0) is 31.7 Å². The molecule has 3 aromatic heterocycles. The predicted molar refractivity (Wildman–Crippen MR) is 108 cm³/mol. The van der Waals surface area contributed by atoms with Crippen LogP contribution in [-0.2, 0) is 7.05 Å². The maximum absolute atomic E-state index is 9.13. The SMILES string of the molecule is Cn1cc(-c2cn3nccc(N4CC5CC[C@H](C4)N5C4CC(C#N)C4)c3n2)cn1. The van der Waals surface area contributed by atoms with Gasteiger partial charge in [0, 0.05) is 55.9 Å². The largest absolute Gasteiger partial charge is 0.365 e. The number of nitrogens with zero attached hydrogens (tertiary/aromatic N) is 8. The number of nitriles is 1. The highest BCUT2D eigenvalue weighted by molar-refractivity contribution is 5.73. The lowest BCUT2D eigenvalue weighted by Gasteiger charge is -2.49. The fraction of sp³-hybridized carbons (Fsp3) is 0.524. The van der Waals surface area contributed by atoms with Gasteiger partial charge in [0.25, 0.3) is 0 Å². The Labute approximate surface area is 169 Å². The lowest BCUT2D eigenvalue weighted by atomic mass is 9.79. The quantitative estimate of drug-likeness (QED) is 0.684. The van der Waals surface area contributed by atoms with Gasteiger partial charge in [-0.2, -0.15) is 15.5 Å². The van der Waals surface area contributed by atoms with Crippen LogP contribution in [0.1, 0.15) is 25.7 Å². The molecule has 0 spiro atoms. The van der Waals surface area contributed by atoms with Gasteiger partial charge in [-0.1, -0.05) is 0 Å². The van der Waals surface area contributed by atoms with Crippen LogP contribution in [0.2, 0.25) is 0 Å². The molecule has 8 nitrogen and oxygen atoms in total. The minimum Gasteiger partial charge on any atom is -0.365 e. The number of piperazine rings is 1. The van der Waals surface area contributed by atoms with Crippen molar-refractivity contribution in [2.75, 3.05) is 18.0 Å². The van der Waals surface area contributed by atoms with Crippen LogP contribution in [0.15, 0.2) is 30.9 Å². The van der Waals surface area contributed by atoms with E-state index in [1.54, 1.807) is 4.68 Å². The van der Waals surface area contributed by atoms with Gasteiger partial charge in [0.1, 0.15) is 0 Å². The van der Waals surface area contributed by atoms with E-state index in [0.29, 0.717) is 18.1 Å². The Morgan fingerprint density at radius 3 is 2.55 bits per heavy atom. The summed E-state index contributed by atoms with van der Waals surface area (Å²) in [6, 6.07) is 6.31. The zero-order valence-electron chi connectivity index (χ0n) is 16.5. The van der Waals surface area contributed by atoms with Crippen LogP contribution in [0.4, 0.5) is 5.69 Å². The molecule has 148 valence electrons. The Morgan fingerprint density at radius 1 is 1.07 bits per heavy atom. The second kappa shape index (κ2) is 6.29. The highest BCUT2D eigenvalue weighted by Crippen LogP contribution is 2.41. The van der Waals surface area contributed by atoms with E-state index < -0.39 is 0 Å². The molecule has 29 heavy (non-hydrogen) atoms. The number of rotatable bonds is 3. The van der Waals surface area contributed by atoms with Crippen LogP contribution in [0, 0.1) is 17.2 Å². The third-order valence-electron chi connectivity index (χ3n) is 6.94. The molecule has 3 fully saturated rings. The molecule has 2 bridgehead atoms. The van der Waals surface area contributed by atoms with Crippen molar-refractivity contribution in [2.45, 2.75) is 43.8 Å². The summed E-state index contributed by atoms with van der Waals surface area (Å²) in [6.45, 7) is 2.05. The van der Waals surface area contributed by atoms with E-state index in [4.69, 9.17) is 10.2 Å². The van der Waals surface area contributed by atoms with Gasteiger partial charge in [0.2, 0.25) is 0 Å². The number of aromatic nitrogens is 5. The lowest BCUT2D eigenvalue weighted by Crippen LogP contribution is -2.60. The number of hydrogen-bond acceptors (Lipinski definition) is 6. The molecule has 2 aliphatic heterocycles. The van der Waals surface area contributed by atoms with Gasteiger partial charge in [-0.3, -0.25) is 9.58 Å².